The van der Waals surface area contributed by atoms with Crippen LogP contribution in [0, 0.1) is 0 Å². The molecule has 0 radical (unpaired) electrons. The molecule has 1 aromatic rings. The first kappa shape index (κ1) is 4.05. The molecule has 3 heteroatoms. The third kappa shape index (κ3) is 0.652. The van der Waals surface area contributed by atoms with Crippen molar-refractivity contribution in [3.63, 3.8) is 0 Å². The molecule has 3 nitrogen and oxygen atoms in total. The van der Waals surface area contributed by atoms with E-state index in [9.17, 15) is 0 Å². The summed E-state index contributed by atoms with van der Waals surface area (Å²) in [6.07, 6.45) is 1.18. The minimum atomic E-state index is 0.0671. The fourth-order valence-electron chi connectivity index (χ4n) is 0.342. The second-order valence-electron chi connectivity index (χ2n) is 1.21. The van der Waals surface area contributed by atoms with Crippen LogP contribution in [0.3, 0.4) is 0 Å². The van der Waals surface area contributed by atoms with Crippen LogP contribution in [0.4, 0.5) is 5.88 Å². The third-order valence-corrected chi connectivity index (χ3v) is 0.606. The highest BCUT2D eigenvalue weighted by Crippen LogP contribution is 2.13. The van der Waals surface area contributed by atoms with Crippen LogP contribution in [0.1, 0.15) is 0 Å². The van der Waals surface area contributed by atoms with Crippen molar-refractivity contribution < 1.29 is 9.52 Å². The zero-order chi connectivity index (χ0) is 5.28. The molecule has 0 bridgehead atoms. The largest absolute Gasteiger partial charge is 0.505 e. The Hall–Kier alpha value is -1.12. The van der Waals surface area contributed by atoms with E-state index >= 15 is 0 Å². The molecule has 0 saturated carbocycles. The molecular weight excluding hydrogens is 94.0 g/mol. The number of nitrogens with two attached hydrogens (primary N) is 1. The van der Waals surface area contributed by atoms with Gasteiger partial charge in [-0.1, -0.05) is 0 Å². The molecule has 0 aliphatic rings. The zero-order valence-electron chi connectivity index (χ0n) is 3.59. The van der Waals surface area contributed by atoms with E-state index < -0.39 is 0 Å². The smallest absolute Gasteiger partial charge is 0.193 e. The van der Waals surface area contributed by atoms with Crippen molar-refractivity contribution in [1.29, 1.82) is 0 Å². The van der Waals surface area contributed by atoms with E-state index in [0.717, 1.165) is 0 Å². The third-order valence-electron chi connectivity index (χ3n) is 0.606. The van der Waals surface area contributed by atoms with Crippen molar-refractivity contribution >= 4 is 5.88 Å². The van der Waals surface area contributed by atoms with Gasteiger partial charge in [-0.15, -0.1) is 0 Å². The molecule has 0 saturated heterocycles. The Kier molecular flexibility index (Phi) is 0.685. The van der Waals surface area contributed by atoms with E-state index in [-0.39, 0.29) is 11.6 Å². The van der Waals surface area contributed by atoms with Crippen LogP contribution in [0.5, 0.6) is 5.75 Å². The van der Waals surface area contributed by atoms with E-state index in [1.54, 1.807) is 0 Å². The zero-order valence-corrected chi connectivity index (χ0v) is 3.59. The Morgan fingerprint density at radius 3 is 2.57 bits per heavy atom. The number of hydrogen-bond donors (Lipinski definition) is 2. The molecule has 7 heavy (non-hydrogen) atoms. The van der Waals surface area contributed by atoms with E-state index in [2.05, 4.69) is 4.42 Å². The van der Waals surface area contributed by atoms with Gasteiger partial charge in [0.15, 0.2) is 11.6 Å². The first-order chi connectivity index (χ1) is 3.29. The van der Waals surface area contributed by atoms with Crippen LogP contribution in [-0.4, -0.2) is 5.11 Å². The second-order valence-corrected chi connectivity index (χ2v) is 1.21. The lowest BCUT2D eigenvalue weighted by molar-refractivity contribution is 0.460. The molecule has 0 atom stereocenters. The van der Waals surface area contributed by atoms with Gasteiger partial charge >= 0.3 is 0 Å². The molecule has 0 aromatic carbocycles. The van der Waals surface area contributed by atoms with Crippen molar-refractivity contribution in [3.8, 4) is 5.75 Å². The predicted molar refractivity (Wildman–Crippen MR) is 24.8 cm³/mol. The SMILES string of the molecule is Nc1cc(O)co1. The highest BCUT2D eigenvalue weighted by atomic mass is 16.4. The van der Waals surface area contributed by atoms with E-state index in [0.29, 0.717) is 0 Å². The van der Waals surface area contributed by atoms with Crippen LogP contribution in [0.25, 0.3) is 0 Å². The van der Waals surface area contributed by atoms with Crippen molar-refractivity contribution in [2.24, 2.45) is 0 Å². The molecule has 0 fully saturated rings. The molecule has 0 unspecified atom stereocenters. The van der Waals surface area contributed by atoms with Crippen LogP contribution < -0.4 is 5.73 Å². The molecular formula is C4H5NO2. The predicted octanol–water partition coefficient (Wildman–Crippen LogP) is 0.567. The molecule has 0 spiro atoms. The summed E-state index contributed by atoms with van der Waals surface area (Å²) >= 11 is 0. The first-order valence-corrected chi connectivity index (χ1v) is 1.82. The number of nitrogen functional groups attached to an aromatic ring is 1. The van der Waals surface area contributed by atoms with Gasteiger partial charge in [0.05, 0.1) is 0 Å². The quantitative estimate of drug-likeness (QED) is 0.499. The second kappa shape index (κ2) is 1.18. The summed E-state index contributed by atoms with van der Waals surface area (Å²) in [4.78, 5) is 0. The number of furan rings is 1. The molecule has 1 heterocycles. The Labute approximate surface area is 40.4 Å². The maximum Gasteiger partial charge on any atom is 0.193 e. The van der Waals surface area contributed by atoms with Gasteiger partial charge in [0.2, 0.25) is 0 Å². The lowest BCUT2D eigenvalue weighted by atomic mass is 10.6. The average molecular weight is 99.1 g/mol. The summed E-state index contributed by atoms with van der Waals surface area (Å²) in [5.74, 6) is 0.301. The Morgan fingerprint density at radius 2 is 2.43 bits per heavy atom. The van der Waals surface area contributed by atoms with Crippen LogP contribution in [-0.2, 0) is 0 Å². The van der Waals surface area contributed by atoms with Gasteiger partial charge in [-0.3, -0.25) is 0 Å². The van der Waals surface area contributed by atoms with Crippen LogP contribution >= 0.6 is 0 Å². The number of aromatic hydroxyl groups is 1. The fraction of sp³-hybridized carbons (Fsp3) is 0. The van der Waals surface area contributed by atoms with E-state index in [1.165, 1.54) is 12.3 Å². The summed E-state index contributed by atoms with van der Waals surface area (Å²) in [7, 11) is 0. The standard InChI is InChI=1S/C4H5NO2/c5-4-1-3(6)2-7-4/h1-2,6H,5H2. The lowest BCUT2D eigenvalue weighted by Gasteiger charge is -1.70. The monoisotopic (exact) mass is 99.0 g/mol. The lowest BCUT2D eigenvalue weighted by Crippen LogP contribution is -1.74. The minimum absolute atomic E-state index is 0.0671. The maximum absolute atomic E-state index is 8.48. The number of hydrogen-bond acceptors (Lipinski definition) is 3. The Bertz CT molecular complexity index is 142. The maximum atomic E-state index is 8.48. The van der Waals surface area contributed by atoms with Crippen molar-refractivity contribution in [1.82, 2.24) is 0 Å². The summed E-state index contributed by atoms with van der Waals surface area (Å²) in [5.41, 5.74) is 5.05. The Morgan fingerprint density at radius 1 is 1.71 bits per heavy atom. The summed E-state index contributed by atoms with van der Waals surface area (Å²) in [5, 5.41) is 8.48. The van der Waals surface area contributed by atoms with Crippen molar-refractivity contribution in [2.75, 3.05) is 5.73 Å². The van der Waals surface area contributed by atoms with Gasteiger partial charge in [-0.05, 0) is 0 Å². The molecule has 0 amide bonds. The average Bonchev–Trinajstić information content (AvgIpc) is 1.87. The molecule has 1 rings (SSSR count). The molecule has 0 aliphatic heterocycles. The highest BCUT2D eigenvalue weighted by Gasteiger charge is 1.89. The molecule has 1 aromatic heterocycles. The topological polar surface area (TPSA) is 59.4 Å². The summed E-state index contributed by atoms with van der Waals surface area (Å²) in [6.45, 7) is 0. The van der Waals surface area contributed by atoms with Gasteiger partial charge in [0, 0.05) is 6.07 Å². The van der Waals surface area contributed by atoms with Crippen LogP contribution in [0.15, 0.2) is 16.7 Å². The molecule has 3 N–H and O–H groups in total. The molecule has 38 valence electrons. The highest BCUT2D eigenvalue weighted by molar-refractivity contribution is 5.31. The van der Waals surface area contributed by atoms with Crippen molar-refractivity contribution in [3.05, 3.63) is 12.3 Å². The van der Waals surface area contributed by atoms with Crippen LogP contribution in [0.2, 0.25) is 0 Å². The van der Waals surface area contributed by atoms with Crippen molar-refractivity contribution in [2.45, 2.75) is 0 Å². The van der Waals surface area contributed by atoms with E-state index in [4.69, 9.17) is 10.8 Å². The van der Waals surface area contributed by atoms with E-state index in [1.807, 2.05) is 0 Å². The number of anilines is 1. The van der Waals surface area contributed by atoms with Gasteiger partial charge in [-0.2, -0.15) is 0 Å². The first-order valence-electron chi connectivity index (χ1n) is 1.82. The van der Waals surface area contributed by atoms with Gasteiger partial charge < -0.3 is 15.3 Å². The van der Waals surface area contributed by atoms with Gasteiger partial charge in [0.25, 0.3) is 0 Å². The van der Waals surface area contributed by atoms with Gasteiger partial charge in [0.1, 0.15) is 6.26 Å². The molecule has 0 aliphatic carbocycles. The normalized spacial score (nSPS) is 9.14. The summed E-state index contributed by atoms with van der Waals surface area (Å²) < 4.78 is 4.49. The van der Waals surface area contributed by atoms with Gasteiger partial charge in [-0.25, -0.2) is 0 Å². The fourth-order valence-corrected chi connectivity index (χ4v) is 0.342. The number of rotatable bonds is 0. The summed E-state index contributed by atoms with van der Waals surface area (Å²) in [6, 6.07) is 1.33. The minimum Gasteiger partial charge on any atom is -0.505 e. The Balaban J connectivity index is 3.04.